The van der Waals surface area contributed by atoms with Gasteiger partial charge in [0, 0.05) is 6.42 Å². The van der Waals surface area contributed by atoms with Crippen LogP contribution in [0, 0.1) is 5.92 Å². The molecule has 0 radical (unpaired) electrons. The fourth-order valence-electron chi connectivity index (χ4n) is 2.86. The summed E-state index contributed by atoms with van der Waals surface area (Å²) in [5, 5.41) is 28.5. The van der Waals surface area contributed by atoms with Crippen molar-refractivity contribution in [1.82, 2.24) is 5.48 Å². The average molecular weight is 455 g/mol. The summed E-state index contributed by atoms with van der Waals surface area (Å²) < 4.78 is 10.3. The normalized spacial score (nSPS) is 14.8. The van der Waals surface area contributed by atoms with Crippen LogP contribution in [-0.2, 0) is 35.4 Å². The molecule has 2 unspecified atom stereocenters. The fraction of sp³-hybridized carbons (Fsp3) is 0.524. The largest absolute Gasteiger partial charge is 0.497 e. The SMILES string of the molecule is COc1ccc(COC(=O)C(CC(C)C)(ON[C@@H](C=O)CCC(=O)O)C(O)C(=O)O)cc1. The third-order valence-electron chi connectivity index (χ3n) is 4.49. The van der Waals surface area contributed by atoms with E-state index in [-0.39, 0.29) is 31.8 Å². The van der Waals surface area contributed by atoms with Crippen LogP contribution in [0.4, 0.5) is 0 Å². The van der Waals surface area contributed by atoms with E-state index in [2.05, 4.69) is 5.48 Å². The topological polar surface area (TPSA) is 169 Å². The first kappa shape index (κ1) is 27.0. The molecule has 32 heavy (non-hydrogen) atoms. The number of aldehydes is 1. The summed E-state index contributed by atoms with van der Waals surface area (Å²) in [6.45, 7) is 3.10. The summed E-state index contributed by atoms with van der Waals surface area (Å²) in [5.41, 5.74) is 0.409. The molecule has 0 fully saturated rings. The lowest BCUT2D eigenvalue weighted by Gasteiger charge is -2.35. The Hall–Kier alpha value is -3.02. The molecule has 0 saturated heterocycles. The first-order chi connectivity index (χ1) is 15.0. The minimum atomic E-state index is -2.39. The Morgan fingerprint density at radius 2 is 1.78 bits per heavy atom. The van der Waals surface area contributed by atoms with Crippen molar-refractivity contribution in [2.45, 2.75) is 57.5 Å². The number of methoxy groups -OCH3 is 1. The number of hydroxylamine groups is 1. The first-order valence-corrected chi connectivity index (χ1v) is 9.87. The van der Waals surface area contributed by atoms with Crippen molar-refractivity contribution >= 4 is 24.2 Å². The molecular weight excluding hydrogens is 426 g/mol. The van der Waals surface area contributed by atoms with Gasteiger partial charge in [0.15, 0.2) is 6.10 Å². The van der Waals surface area contributed by atoms with Gasteiger partial charge in [-0.2, -0.15) is 5.48 Å². The summed E-state index contributed by atoms with van der Waals surface area (Å²) >= 11 is 0. The number of aliphatic hydroxyl groups is 1. The smallest absolute Gasteiger partial charge is 0.344 e. The lowest BCUT2D eigenvalue weighted by atomic mass is 9.87. The zero-order chi connectivity index (χ0) is 24.3. The van der Waals surface area contributed by atoms with Crippen molar-refractivity contribution in [1.29, 1.82) is 0 Å². The highest BCUT2D eigenvalue weighted by atomic mass is 16.7. The third-order valence-corrected chi connectivity index (χ3v) is 4.49. The minimum absolute atomic E-state index is 0.180. The maximum absolute atomic E-state index is 13.0. The van der Waals surface area contributed by atoms with E-state index in [1.54, 1.807) is 38.1 Å². The quantitative estimate of drug-likeness (QED) is 0.168. The molecule has 0 saturated carbocycles. The van der Waals surface area contributed by atoms with Crippen LogP contribution in [0.25, 0.3) is 0 Å². The molecule has 0 aromatic heterocycles. The number of aliphatic carboxylic acids is 2. The standard InChI is InChI=1S/C21H29NO10/c1-13(2)10-21(18(26)19(27)28,32-22-15(11-23)6-9-17(24)25)20(29)31-12-14-4-7-16(30-3)8-5-14/h4-5,7-8,11,13,15,18,22,26H,6,9-10,12H2,1-3H3,(H,24,25)(H,27,28)/t15-,18?,21?/m1/s1. The van der Waals surface area contributed by atoms with Crippen molar-refractivity contribution in [3.63, 3.8) is 0 Å². The van der Waals surface area contributed by atoms with E-state index in [1.165, 1.54) is 7.11 Å². The molecule has 11 heteroatoms. The average Bonchev–Trinajstić information content (AvgIpc) is 2.75. The van der Waals surface area contributed by atoms with E-state index in [0.29, 0.717) is 17.6 Å². The number of ether oxygens (including phenoxy) is 2. The molecule has 1 aromatic rings. The molecule has 0 amide bonds. The van der Waals surface area contributed by atoms with E-state index in [1.807, 2.05) is 0 Å². The number of benzene rings is 1. The van der Waals surface area contributed by atoms with Crippen LogP contribution in [0.5, 0.6) is 5.75 Å². The Balaban J connectivity index is 3.11. The Morgan fingerprint density at radius 1 is 1.16 bits per heavy atom. The predicted molar refractivity (Wildman–Crippen MR) is 110 cm³/mol. The summed E-state index contributed by atoms with van der Waals surface area (Å²) in [6.07, 6.45) is -2.79. The molecule has 0 bridgehead atoms. The molecule has 0 aliphatic rings. The fourth-order valence-corrected chi connectivity index (χ4v) is 2.86. The Bertz CT molecular complexity index is 779. The number of carboxylic acids is 2. The zero-order valence-corrected chi connectivity index (χ0v) is 18.1. The van der Waals surface area contributed by atoms with Gasteiger partial charge in [0.2, 0.25) is 5.60 Å². The molecule has 4 N–H and O–H groups in total. The van der Waals surface area contributed by atoms with Gasteiger partial charge in [-0.3, -0.25) is 9.63 Å². The molecule has 3 atom stereocenters. The lowest BCUT2D eigenvalue weighted by molar-refractivity contribution is -0.219. The van der Waals surface area contributed by atoms with Crippen LogP contribution in [0.3, 0.4) is 0 Å². The number of carboxylic acid groups (broad SMARTS) is 2. The van der Waals surface area contributed by atoms with Crippen LogP contribution in [-0.4, -0.2) is 64.4 Å². The molecule has 178 valence electrons. The van der Waals surface area contributed by atoms with Gasteiger partial charge in [0.25, 0.3) is 0 Å². The molecule has 0 heterocycles. The number of hydrogen-bond donors (Lipinski definition) is 4. The third kappa shape index (κ3) is 7.91. The first-order valence-electron chi connectivity index (χ1n) is 9.87. The van der Waals surface area contributed by atoms with Gasteiger partial charge in [0.05, 0.1) is 13.2 Å². The number of hydrogen-bond acceptors (Lipinski definition) is 9. The predicted octanol–water partition coefficient (Wildman–Crippen LogP) is 0.922. The van der Waals surface area contributed by atoms with Gasteiger partial charge in [-0.15, -0.1) is 0 Å². The number of esters is 1. The maximum Gasteiger partial charge on any atom is 0.344 e. The number of aliphatic hydroxyl groups excluding tert-OH is 1. The van der Waals surface area contributed by atoms with Gasteiger partial charge in [0.1, 0.15) is 18.6 Å². The molecular formula is C21H29NO10. The Labute approximate surface area is 185 Å². The van der Waals surface area contributed by atoms with E-state index in [9.17, 15) is 29.4 Å². The molecule has 0 aliphatic carbocycles. The molecule has 1 rings (SSSR count). The summed E-state index contributed by atoms with van der Waals surface area (Å²) in [4.78, 5) is 51.9. The van der Waals surface area contributed by atoms with Gasteiger partial charge in [-0.1, -0.05) is 26.0 Å². The lowest BCUT2D eigenvalue weighted by Crippen LogP contribution is -2.59. The monoisotopic (exact) mass is 455 g/mol. The summed E-state index contributed by atoms with van der Waals surface area (Å²) in [6, 6.07) is 5.40. The minimum Gasteiger partial charge on any atom is -0.497 e. The second-order valence-corrected chi connectivity index (χ2v) is 7.55. The van der Waals surface area contributed by atoms with Crippen LogP contribution in [0.2, 0.25) is 0 Å². The number of carbonyl (C=O) groups is 4. The van der Waals surface area contributed by atoms with Crippen LogP contribution in [0.1, 0.15) is 38.7 Å². The van der Waals surface area contributed by atoms with Crippen LogP contribution >= 0.6 is 0 Å². The van der Waals surface area contributed by atoms with Gasteiger partial charge in [-0.25, -0.2) is 9.59 Å². The molecule has 0 aliphatic heterocycles. The van der Waals surface area contributed by atoms with Crippen LogP contribution in [0.15, 0.2) is 24.3 Å². The Kier molecular flexibility index (Phi) is 10.8. The summed E-state index contributed by atoms with van der Waals surface area (Å²) in [7, 11) is 1.50. The van der Waals surface area contributed by atoms with Gasteiger partial charge in [-0.05, 0) is 36.5 Å². The van der Waals surface area contributed by atoms with Crippen molar-refractivity contribution in [2.24, 2.45) is 5.92 Å². The highest BCUT2D eigenvalue weighted by Gasteiger charge is 2.53. The number of rotatable bonds is 15. The van der Waals surface area contributed by atoms with E-state index < -0.39 is 35.7 Å². The van der Waals surface area contributed by atoms with Crippen molar-refractivity contribution in [3.05, 3.63) is 29.8 Å². The van der Waals surface area contributed by atoms with Gasteiger partial charge >= 0.3 is 17.9 Å². The molecule has 0 spiro atoms. The number of nitrogens with one attached hydrogen (secondary N) is 1. The second-order valence-electron chi connectivity index (χ2n) is 7.55. The van der Waals surface area contributed by atoms with Crippen molar-refractivity contribution < 1.29 is 48.8 Å². The maximum atomic E-state index is 13.0. The van der Waals surface area contributed by atoms with E-state index in [0.717, 1.165) is 0 Å². The second kappa shape index (κ2) is 12.7. The molecule has 1 aromatic carbocycles. The van der Waals surface area contributed by atoms with E-state index in [4.69, 9.17) is 19.4 Å². The highest BCUT2D eigenvalue weighted by molar-refractivity contribution is 5.88. The van der Waals surface area contributed by atoms with Crippen molar-refractivity contribution in [3.8, 4) is 5.75 Å². The number of carbonyl (C=O) groups excluding carboxylic acids is 2. The van der Waals surface area contributed by atoms with Gasteiger partial charge < -0.3 is 29.6 Å². The zero-order valence-electron chi connectivity index (χ0n) is 18.1. The highest BCUT2D eigenvalue weighted by Crippen LogP contribution is 2.28. The van der Waals surface area contributed by atoms with Crippen LogP contribution < -0.4 is 10.2 Å². The Morgan fingerprint density at radius 3 is 2.25 bits per heavy atom. The molecule has 11 nitrogen and oxygen atoms in total. The summed E-state index contributed by atoms with van der Waals surface area (Å²) in [5.74, 6) is -3.79. The van der Waals surface area contributed by atoms with E-state index >= 15 is 0 Å². The van der Waals surface area contributed by atoms with Crippen molar-refractivity contribution in [2.75, 3.05) is 7.11 Å².